The van der Waals surface area contributed by atoms with Crippen LogP contribution in [0.4, 0.5) is 0 Å². The maximum atomic E-state index is 11.9. The molecule has 0 aromatic heterocycles. The predicted molar refractivity (Wildman–Crippen MR) is 71.8 cm³/mol. The maximum absolute atomic E-state index is 11.9. The second-order valence-corrected chi connectivity index (χ2v) is 4.57. The standard InChI is InChI=1S/C14H24O6/c1-5-7-19-13(16)12(14(17)20-8-6-2)10(3)9-11(15)18-4/h10,12H,5-9H2,1-4H3. The van der Waals surface area contributed by atoms with Crippen molar-refractivity contribution in [3.63, 3.8) is 0 Å². The molecule has 0 aromatic rings. The molecule has 6 nitrogen and oxygen atoms in total. The smallest absolute Gasteiger partial charge is 0.320 e. The Morgan fingerprint density at radius 1 is 0.950 bits per heavy atom. The highest BCUT2D eigenvalue weighted by Gasteiger charge is 2.36. The van der Waals surface area contributed by atoms with Gasteiger partial charge in [0.2, 0.25) is 0 Å². The number of ether oxygens (including phenoxy) is 3. The molecule has 0 amide bonds. The summed E-state index contributed by atoms with van der Waals surface area (Å²) in [6.45, 7) is 5.82. The Hall–Kier alpha value is -1.59. The van der Waals surface area contributed by atoms with Crippen LogP contribution in [-0.2, 0) is 28.6 Å². The fourth-order valence-corrected chi connectivity index (χ4v) is 1.61. The first kappa shape index (κ1) is 18.4. The van der Waals surface area contributed by atoms with E-state index in [4.69, 9.17) is 9.47 Å². The number of carbonyl (C=O) groups is 3. The van der Waals surface area contributed by atoms with Crippen molar-refractivity contribution in [2.45, 2.75) is 40.0 Å². The van der Waals surface area contributed by atoms with Crippen LogP contribution in [-0.4, -0.2) is 38.2 Å². The SMILES string of the molecule is CCCOC(=O)C(C(=O)OCCC)C(C)CC(=O)OC. The van der Waals surface area contributed by atoms with Gasteiger partial charge in [-0.25, -0.2) is 0 Å². The highest BCUT2D eigenvalue weighted by Crippen LogP contribution is 2.20. The molecule has 1 atom stereocenters. The van der Waals surface area contributed by atoms with Crippen LogP contribution in [0.25, 0.3) is 0 Å². The average molecular weight is 288 g/mol. The van der Waals surface area contributed by atoms with Crippen molar-refractivity contribution in [3.05, 3.63) is 0 Å². The molecular formula is C14H24O6. The van der Waals surface area contributed by atoms with Gasteiger partial charge in [-0.3, -0.25) is 14.4 Å². The molecule has 0 radical (unpaired) electrons. The molecule has 0 fully saturated rings. The molecule has 0 aliphatic rings. The largest absolute Gasteiger partial charge is 0.469 e. The van der Waals surface area contributed by atoms with E-state index in [1.54, 1.807) is 6.92 Å². The third-order valence-corrected chi connectivity index (χ3v) is 2.69. The molecule has 6 heteroatoms. The summed E-state index contributed by atoms with van der Waals surface area (Å²) in [5.74, 6) is -3.40. The molecule has 0 saturated carbocycles. The lowest BCUT2D eigenvalue weighted by molar-refractivity contribution is -0.165. The predicted octanol–water partition coefficient (Wildman–Crippen LogP) is 1.71. The third kappa shape index (κ3) is 6.54. The van der Waals surface area contributed by atoms with E-state index in [1.807, 2.05) is 13.8 Å². The summed E-state index contributed by atoms with van der Waals surface area (Å²) in [6, 6.07) is 0. The second-order valence-electron chi connectivity index (χ2n) is 4.57. The van der Waals surface area contributed by atoms with Crippen LogP contribution in [0.3, 0.4) is 0 Å². The van der Waals surface area contributed by atoms with Gasteiger partial charge < -0.3 is 14.2 Å². The van der Waals surface area contributed by atoms with E-state index in [0.717, 1.165) is 0 Å². The Labute approximate surface area is 119 Å². The molecular weight excluding hydrogens is 264 g/mol. The summed E-state index contributed by atoms with van der Waals surface area (Å²) in [5, 5.41) is 0. The Bertz CT molecular complexity index is 306. The van der Waals surface area contributed by atoms with Gasteiger partial charge in [-0.15, -0.1) is 0 Å². The summed E-state index contributed by atoms with van der Waals surface area (Å²) in [6.07, 6.45) is 1.28. The lowest BCUT2D eigenvalue weighted by Crippen LogP contribution is -2.34. The molecule has 0 aliphatic heterocycles. The fourth-order valence-electron chi connectivity index (χ4n) is 1.61. The van der Waals surface area contributed by atoms with Crippen LogP contribution in [0, 0.1) is 11.8 Å². The summed E-state index contributed by atoms with van der Waals surface area (Å²) >= 11 is 0. The van der Waals surface area contributed by atoms with Gasteiger partial charge in [-0.05, 0) is 18.8 Å². The molecule has 0 bridgehead atoms. The zero-order chi connectivity index (χ0) is 15.5. The monoisotopic (exact) mass is 288 g/mol. The Balaban J connectivity index is 4.79. The maximum Gasteiger partial charge on any atom is 0.320 e. The minimum Gasteiger partial charge on any atom is -0.469 e. The van der Waals surface area contributed by atoms with E-state index in [2.05, 4.69) is 4.74 Å². The van der Waals surface area contributed by atoms with Crippen molar-refractivity contribution < 1.29 is 28.6 Å². The number of hydrogen-bond acceptors (Lipinski definition) is 6. The van der Waals surface area contributed by atoms with Gasteiger partial charge in [-0.1, -0.05) is 20.8 Å². The van der Waals surface area contributed by atoms with Crippen LogP contribution < -0.4 is 0 Å². The molecule has 0 spiro atoms. The molecule has 0 aromatic carbocycles. The molecule has 0 heterocycles. The number of carbonyl (C=O) groups excluding carboxylic acids is 3. The number of methoxy groups -OCH3 is 1. The molecule has 0 N–H and O–H groups in total. The quantitative estimate of drug-likeness (QED) is 0.365. The van der Waals surface area contributed by atoms with Crippen molar-refractivity contribution in [1.82, 2.24) is 0 Å². The minimum absolute atomic E-state index is 0.0381. The topological polar surface area (TPSA) is 78.9 Å². The van der Waals surface area contributed by atoms with Crippen molar-refractivity contribution in [2.75, 3.05) is 20.3 Å². The van der Waals surface area contributed by atoms with Gasteiger partial charge >= 0.3 is 17.9 Å². The van der Waals surface area contributed by atoms with E-state index in [1.165, 1.54) is 7.11 Å². The molecule has 0 aliphatic carbocycles. The normalized spacial score (nSPS) is 11.8. The van der Waals surface area contributed by atoms with Crippen LogP contribution in [0.2, 0.25) is 0 Å². The molecule has 0 saturated heterocycles. The van der Waals surface area contributed by atoms with Crippen LogP contribution >= 0.6 is 0 Å². The lowest BCUT2D eigenvalue weighted by atomic mass is 9.91. The summed E-state index contributed by atoms with van der Waals surface area (Å²) in [7, 11) is 1.26. The van der Waals surface area contributed by atoms with Crippen molar-refractivity contribution >= 4 is 17.9 Å². The van der Waals surface area contributed by atoms with E-state index < -0.39 is 29.7 Å². The van der Waals surface area contributed by atoms with Gasteiger partial charge in [0.05, 0.1) is 20.3 Å². The van der Waals surface area contributed by atoms with E-state index >= 15 is 0 Å². The summed E-state index contributed by atoms with van der Waals surface area (Å²) in [5.41, 5.74) is 0. The van der Waals surface area contributed by atoms with Gasteiger partial charge in [0.15, 0.2) is 5.92 Å². The van der Waals surface area contributed by atoms with Crippen LogP contribution in [0.1, 0.15) is 40.0 Å². The van der Waals surface area contributed by atoms with Gasteiger partial charge in [0.1, 0.15) is 0 Å². The fraction of sp³-hybridized carbons (Fsp3) is 0.786. The first-order chi connectivity index (χ1) is 9.47. The number of hydrogen-bond donors (Lipinski definition) is 0. The summed E-state index contributed by atoms with van der Waals surface area (Å²) < 4.78 is 14.5. The molecule has 1 unspecified atom stereocenters. The first-order valence-corrected chi connectivity index (χ1v) is 6.87. The zero-order valence-corrected chi connectivity index (χ0v) is 12.6. The number of rotatable bonds is 9. The Morgan fingerprint density at radius 2 is 1.40 bits per heavy atom. The Kier molecular flexibility index (Phi) is 9.41. The van der Waals surface area contributed by atoms with Crippen molar-refractivity contribution in [3.8, 4) is 0 Å². The van der Waals surface area contributed by atoms with E-state index in [9.17, 15) is 14.4 Å². The van der Waals surface area contributed by atoms with Gasteiger partial charge in [0.25, 0.3) is 0 Å². The first-order valence-electron chi connectivity index (χ1n) is 6.87. The van der Waals surface area contributed by atoms with E-state index in [0.29, 0.717) is 12.8 Å². The second kappa shape index (κ2) is 10.2. The van der Waals surface area contributed by atoms with Crippen molar-refractivity contribution in [2.24, 2.45) is 11.8 Å². The molecule has 116 valence electrons. The molecule has 20 heavy (non-hydrogen) atoms. The van der Waals surface area contributed by atoms with Crippen LogP contribution in [0.5, 0.6) is 0 Å². The van der Waals surface area contributed by atoms with Gasteiger partial charge in [-0.2, -0.15) is 0 Å². The average Bonchev–Trinajstić information content (AvgIpc) is 2.42. The molecule has 0 rings (SSSR count). The zero-order valence-electron chi connectivity index (χ0n) is 12.6. The van der Waals surface area contributed by atoms with Crippen LogP contribution in [0.15, 0.2) is 0 Å². The van der Waals surface area contributed by atoms with Gasteiger partial charge in [0, 0.05) is 6.42 Å². The number of esters is 3. The highest BCUT2D eigenvalue weighted by molar-refractivity contribution is 5.95. The lowest BCUT2D eigenvalue weighted by Gasteiger charge is -2.20. The summed E-state index contributed by atoms with van der Waals surface area (Å²) in [4.78, 5) is 35.2. The third-order valence-electron chi connectivity index (χ3n) is 2.69. The van der Waals surface area contributed by atoms with E-state index in [-0.39, 0.29) is 19.6 Å². The Morgan fingerprint density at radius 3 is 1.75 bits per heavy atom. The highest BCUT2D eigenvalue weighted by atomic mass is 16.6. The minimum atomic E-state index is -1.09. The van der Waals surface area contributed by atoms with Crippen molar-refractivity contribution in [1.29, 1.82) is 0 Å².